The Labute approximate surface area is 337 Å². The largest absolute Gasteiger partial charge is 0.320 e. The molecular formula is C55H46N2. The van der Waals surface area contributed by atoms with Crippen molar-refractivity contribution < 1.29 is 0 Å². The van der Waals surface area contributed by atoms with Gasteiger partial charge in [0, 0.05) is 28.7 Å². The highest BCUT2D eigenvalue weighted by Gasteiger charge is 2.46. The first-order valence-electron chi connectivity index (χ1n) is 20.0. The number of hydrogen-bond acceptors (Lipinski definition) is 2. The van der Waals surface area contributed by atoms with E-state index in [2.05, 4.69) is 243 Å². The summed E-state index contributed by atoms with van der Waals surface area (Å²) >= 11 is 0. The first-order valence-corrected chi connectivity index (χ1v) is 20.0. The van der Waals surface area contributed by atoms with E-state index in [9.17, 15) is 0 Å². The summed E-state index contributed by atoms with van der Waals surface area (Å²) in [6.45, 7) is 8.78. The summed E-state index contributed by atoms with van der Waals surface area (Å²) in [6.07, 6.45) is 1.89. The molecular weight excluding hydrogens is 689 g/mol. The Balaban J connectivity index is 1.27. The molecule has 0 heterocycles. The summed E-state index contributed by atoms with van der Waals surface area (Å²) in [5.74, 6) is 0.153. The molecule has 57 heavy (non-hydrogen) atoms. The van der Waals surface area contributed by atoms with Gasteiger partial charge in [0.2, 0.25) is 0 Å². The van der Waals surface area contributed by atoms with Crippen molar-refractivity contribution in [3.05, 3.63) is 253 Å². The quantitative estimate of drug-likeness (QED) is 0.0964. The number of hydrogen-bond donors (Lipinski definition) is 0. The maximum atomic E-state index is 4.22. The molecule has 9 rings (SSSR count). The van der Waals surface area contributed by atoms with Crippen LogP contribution in [0.25, 0.3) is 22.3 Å². The van der Waals surface area contributed by atoms with E-state index in [1.54, 1.807) is 0 Å². The van der Waals surface area contributed by atoms with Crippen LogP contribution in [-0.2, 0) is 5.41 Å². The van der Waals surface area contributed by atoms with E-state index >= 15 is 0 Å². The van der Waals surface area contributed by atoms with Gasteiger partial charge in [-0.25, -0.2) is 0 Å². The molecule has 0 radical (unpaired) electrons. The van der Waals surface area contributed by atoms with Crippen LogP contribution < -0.4 is 9.80 Å². The Morgan fingerprint density at radius 1 is 0.439 bits per heavy atom. The van der Waals surface area contributed by atoms with Crippen molar-refractivity contribution >= 4 is 22.7 Å². The van der Waals surface area contributed by atoms with Crippen LogP contribution in [0.3, 0.4) is 0 Å². The molecule has 8 aromatic carbocycles. The summed E-state index contributed by atoms with van der Waals surface area (Å²) in [6, 6.07) is 77.5. The van der Waals surface area contributed by atoms with Gasteiger partial charge in [-0.2, -0.15) is 0 Å². The number of anilines is 4. The molecule has 0 saturated carbocycles. The predicted octanol–water partition coefficient (Wildman–Crippen LogP) is 14.3. The van der Waals surface area contributed by atoms with Gasteiger partial charge in [-0.15, -0.1) is 6.58 Å². The zero-order valence-electron chi connectivity index (χ0n) is 32.5. The van der Waals surface area contributed by atoms with Gasteiger partial charge >= 0.3 is 0 Å². The summed E-state index contributed by atoms with van der Waals surface area (Å²) in [7, 11) is 0. The molecule has 1 aliphatic rings. The Morgan fingerprint density at radius 3 is 1.58 bits per heavy atom. The van der Waals surface area contributed by atoms with Crippen LogP contribution in [0.5, 0.6) is 0 Å². The average molecular weight is 735 g/mol. The van der Waals surface area contributed by atoms with Gasteiger partial charge in [-0.3, -0.25) is 0 Å². The predicted molar refractivity (Wildman–Crippen MR) is 241 cm³/mol. The third kappa shape index (κ3) is 6.24. The number of benzene rings is 8. The van der Waals surface area contributed by atoms with Gasteiger partial charge in [0.15, 0.2) is 0 Å². The SMILES string of the molecule is C=CC(C)c1ccccc1N(c1ccc(-c2ccccc2)cc1)C(C)N(c1ccccc1)c1ccc2c(c1)C(c1ccccc1)(c1ccccc1)c1ccccc1-2. The second-order valence-corrected chi connectivity index (χ2v) is 15.0. The summed E-state index contributed by atoms with van der Waals surface area (Å²) in [5, 5.41) is 0. The monoisotopic (exact) mass is 734 g/mol. The number of rotatable bonds is 11. The van der Waals surface area contributed by atoms with Crippen LogP contribution >= 0.6 is 0 Å². The van der Waals surface area contributed by atoms with Crippen LogP contribution in [0.15, 0.2) is 225 Å². The average Bonchev–Trinajstić information content (AvgIpc) is 3.58. The summed E-state index contributed by atoms with van der Waals surface area (Å²) in [5.41, 5.74) is 15.3. The van der Waals surface area contributed by atoms with Gasteiger partial charge in [0.05, 0.1) is 5.41 Å². The van der Waals surface area contributed by atoms with Crippen molar-refractivity contribution in [3.63, 3.8) is 0 Å². The molecule has 0 aromatic heterocycles. The first-order chi connectivity index (χ1) is 28.1. The van der Waals surface area contributed by atoms with Crippen LogP contribution in [0.2, 0.25) is 0 Å². The molecule has 1 aliphatic carbocycles. The van der Waals surface area contributed by atoms with Crippen molar-refractivity contribution in [2.45, 2.75) is 31.3 Å². The summed E-state index contributed by atoms with van der Waals surface area (Å²) in [4.78, 5) is 5.01. The number of nitrogens with zero attached hydrogens (tertiary/aromatic N) is 2. The molecule has 0 N–H and O–H groups in total. The van der Waals surface area contributed by atoms with Gasteiger partial charge in [-0.05, 0) is 99.5 Å². The third-order valence-corrected chi connectivity index (χ3v) is 11.8. The smallest absolute Gasteiger partial charge is 0.108 e. The fraction of sp³-hybridized carbons (Fsp3) is 0.0909. The number of fused-ring (bicyclic) bond motifs is 3. The fourth-order valence-electron chi connectivity index (χ4n) is 9.09. The van der Waals surface area contributed by atoms with Crippen molar-refractivity contribution in [1.82, 2.24) is 0 Å². The molecule has 0 bridgehead atoms. The molecule has 0 saturated heterocycles. The number of para-hydroxylation sites is 2. The van der Waals surface area contributed by atoms with Crippen LogP contribution in [0, 0.1) is 0 Å². The van der Waals surface area contributed by atoms with Crippen molar-refractivity contribution in [2.24, 2.45) is 0 Å². The fourth-order valence-corrected chi connectivity index (χ4v) is 9.09. The lowest BCUT2D eigenvalue weighted by Gasteiger charge is -2.42. The Kier molecular flexibility index (Phi) is 9.62. The van der Waals surface area contributed by atoms with Crippen LogP contribution in [0.1, 0.15) is 47.6 Å². The highest BCUT2D eigenvalue weighted by atomic mass is 15.4. The standard InChI is InChI=1S/C55H46N2/c1-4-40(2)49-29-18-20-32-54(49)57(47-35-33-43(34-36-47)42-21-9-5-10-22-42)41(3)56(46-27-15-8-16-28-46)48-37-38-51-50-30-17-19-31-52(50)55(53(51)39-48,44-23-11-6-12-24-44)45-25-13-7-14-26-45/h4-41H,1H2,2-3H3. The zero-order valence-corrected chi connectivity index (χ0v) is 32.5. The van der Waals surface area contributed by atoms with E-state index < -0.39 is 5.41 Å². The van der Waals surface area contributed by atoms with Crippen LogP contribution in [-0.4, -0.2) is 6.17 Å². The Morgan fingerprint density at radius 2 is 0.930 bits per heavy atom. The highest BCUT2D eigenvalue weighted by Crippen LogP contribution is 2.57. The van der Waals surface area contributed by atoms with Crippen LogP contribution in [0.4, 0.5) is 22.7 Å². The topological polar surface area (TPSA) is 6.48 Å². The first kappa shape index (κ1) is 35.8. The lowest BCUT2D eigenvalue weighted by atomic mass is 9.67. The van der Waals surface area contributed by atoms with Gasteiger partial charge in [0.1, 0.15) is 6.17 Å². The second kappa shape index (κ2) is 15.3. The molecule has 276 valence electrons. The molecule has 0 aliphatic heterocycles. The maximum Gasteiger partial charge on any atom is 0.108 e. The Bertz CT molecular complexity index is 2580. The van der Waals surface area contributed by atoms with E-state index in [4.69, 9.17) is 0 Å². The minimum Gasteiger partial charge on any atom is -0.320 e. The van der Waals surface area contributed by atoms with E-state index in [0.717, 1.165) is 22.7 Å². The zero-order chi connectivity index (χ0) is 38.8. The maximum absolute atomic E-state index is 4.22. The molecule has 0 amide bonds. The third-order valence-electron chi connectivity index (χ3n) is 11.8. The number of allylic oxidation sites excluding steroid dienone is 1. The lowest BCUT2D eigenvalue weighted by Crippen LogP contribution is -2.42. The van der Waals surface area contributed by atoms with Crippen molar-refractivity contribution in [1.29, 1.82) is 0 Å². The van der Waals surface area contributed by atoms with E-state index in [-0.39, 0.29) is 12.1 Å². The molecule has 2 heteroatoms. The molecule has 8 aromatic rings. The van der Waals surface area contributed by atoms with Crippen molar-refractivity contribution in [2.75, 3.05) is 9.80 Å². The van der Waals surface area contributed by atoms with E-state index in [1.165, 1.54) is 50.1 Å². The Hall–Kier alpha value is -6.90. The van der Waals surface area contributed by atoms with Crippen molar-refractivity contribution in [3.8, 4) is 22.3 Å². The van der Waals surface area contributed by atoms with Gasteiger partial charge in [0.25, 0.3) is 0 Å². The highest BCUT2D eigenvalue weighted by molar-refractivity contribution is 5.88. The molecule has 2 unspecified atom stereocenters. The minimum atomic E-state index is -0.505. The molecule has 0 fully saturated rings. The molecule has 2 nitrogen and oxygen atoms in total. The van der Waals surface area contributed by atoms with Gasteiger partial charge in [-0.1, -0.05) is 183 Å². The van der Waals surface area contributed by atoms with E-state index in [1.807, 2.05) is 6.08 Å². The summed E-state index contributed by atoms with van der Waals surface area (Å²) < 4.78 is 0. The van der Waals surface area contributed by atoms with Gasteiger partial charge < -0.3 is 9.80 Å². The van der Waals surface area contributed by atoms with E-state index in [0.29, 0.717) is 0 Å². The lowest BCUT2D eigenvalue weighted by molar-refractivity contribution is 0.713. The second-order valence-electron chi connectivity index (χ2n) is 15.0. The molecule has 2 atom stereocenters. The molecule has 0 spiro atoms. The minimum absolute atomic E-state index is 0.153. The normalized spacial score (nSPS) is 13.5.